The van der Waals surface area contributed by atoms with Crippen LogP contribution >= 0.6 is 0 Å². The zero-order valence-corrected chi connectivity index (χ0v) is 9.55. The third kappa shape index (κ3) is 2.18. The van der Waals surface area contributed by atoms with Crippen molar-refractivity contribution in [1.29, 1.82) is 0 Å². The van der Waals surface area contributed by atoms with Gasteiger partial charge in [0.25, 0.3) is 0 Å². The van der Waals surface area contributed by atoms with Gasteiger partial charge in [0.1, 0.15) is 11.6 Å². The monoisotopic (exact) mass is 225 g/mol. The van der Waals surface area contributed by atoms with Crippen LogP contribution in [0, 0.1) is 12.7 Å². The molecule has 1 aromatic carbocycles. The van der Waals surface area contributed by atoms with Gasteiger partial charge in [-0.3, -0.25) is 0 Å². The summed E-state index contributed by atoms with van der Waals surface area (Å²) in [5.74, 6) is 0.470. The number of ether oxygens (including phenoxy) is 2. The molecule has 0 aliphatic carbocycles. The molecule has 1 aliphatic rings. The van der Waals surface area contributed by atoms with E-state index >= 15 is 0 Å². The lowest BCUT2D eigenvalue weighted by molar-refractivity contribution is 0.0260. The highest BCUT2D eigenvalue weighted by Gasteiger charge is 2.21. The second kappa shape index (κ2) is 4.80. The van der Waals surface area contributed by atoms with Crippen LogP contribution in [0.2, 0.25) is 0 Å². The van der Waals surface area contributed by atoms with Gasteiger partial charge in [-0.1, -0.05) is 0 Å². The third-order valence-corrected chi connectivity index (χ3v) is 2.75. The van der Waals surface area contributed by atoms with E-state index in [1.165, 1.54) is 12.1 Å². The Labute approximate surface area is 94.6 Å². The fourth-order valence-corrected chi connectivity index (χ4v) is 2.04. The molecular formula is C12H16FNO2. The first-order chi connectivity index (χ1) is 7.72. The van der Waals surface area contributed by atoms with Gasteiger partial charge in [0, 0.05) is 18.7 Å². The summed E-state index contributed by atoms with van der Waals surface area (Å²) in [6.07, 6.45) is -0.127. The maximum Gasteiger partial charge on any atom is 0.127 e. The van der Waals surface area contributed by atoms with E-state index in [-0.39, 0.29) is 11.9 Å². The van der Waals surface area contributed by atoms with Crippen LogP contribution in [0.3, 0.4) is 0 Å². The minimum atomic E-state index is -0.248. The molecule has 1 saturated heterocycles. The number of nitrogens with one attached hydrogen (secondary N) is 1. The number of benzene rings is 1. The summed E-state index contributed by atoms with van der Waals surface area (Å²) in [7, 11) is 1.60. The number of morpholine rings is 1. The van der Waals surface area contributed by atoms with E-state index in [4.69, 9.17) is 9.47 Å². The molecule has 1 unspecified atom stereocenters. The molecule has 16 heavy (non-hydrogen) atoms. The number of rotatable bonds is 2. The van der Waals surface area contributed by atoms with E-state index in [2.05, 4.69) is 5.32 Å². The predicted molar refractivity (Wildman–Crippen MR) is 59.3 cm³/mol. The summed E-state index contributed by atoms with van der Waals surface area (Å²) in [5, 5.41) is 3.22. The molecule has 1 fully saturated rings. The van der Waals surface area contributed by atoms with Crippen molar-refractivity contribution in [2.24, 2.45) is 0 Å². The molecule has 0 aromatic heterocycles. The van der Waals surface area contributed by atoms with Gasteiger partial charge in [-0.2, -0.15) is 0 Å². The Morgan fingerprint density at radius 3 is 2.94 bits per heavy atom. The van der Waals surface area contributed by atoms with Crippen molar-refractivity contribution in [3.05, 3.63) is 29.1 Å². The summed E-state index contributed by atoms with van der Waals surface area (Å²) >= 11 is 0. The first-order valence-electron chi connectivity index (χ1n) is 5.38. The molecule has 1 atom stereocenters. The van der Waals surface area contributed by atoms with Crippen molar-refractivity contribution in [1.82, 2.24) is 5.32 Å². The molecule has 1 heterocycles. The van der Waals surface area contributed by atoms with Crippen molar-refractivity contribution >= 4 is 0 Å². The highest BCUT2D eigenvalue weighted by molar-refractivity contribution is 5.43. The lowest BCUT2D eigenvalue weighted by Crippen LogP contribution is -2.33. The molecule has 88 valence electrons. The average Bonchev–Trinajstić information content (AvgIpc) is 2.29. The molecular weight excluding hydrogens is 209 g/mol. The first kappa shape index (κ1) is 11.4. The number of methoxy groups -OCH3 is 1. The molecule has 4 heteroatoms. The minimum absolute atomic E-state index is 0.127. The maximum atomic E-state index is 13.4. The van der Waals surface area contributed by atoms with Gasteiger partial charge in [0.15, 0.2) is 0 Å². The van der Waals surface area contributed by atoms with Crippen LogP contribution in [0.15, 0.2) is 12.1 Å². The lowest BCUT2D eigenvalue weighted by Gasteiger charge is -2.26. The first-order valence-corrected chi connectivity index (χ1v) is 5.38. The smallest absolute Gasteiger partial charge is 0.127 e. The molecule has 1 N–H and O–H groups in total. The Morgan fingerprint density at radius 1 is 1.50 bits per heavy atom. The number of halogens is 1. The minimum Gasteiger partial charge on any atom is -0.496 e. The Kier molecular flexibility index (Phi) is 3.41. The van der Waals surface area contributed by atoms with Gasteiger partial charge in [-0.25, -0.2) is 4.39 Å². The van der Waals surface area contributed by atoms with Crippen LogP contribution in [0.5, 0.6) is 5.75 Å². The van der Waals surface area contributed by atoms with E-state index in [9.17, 15) is 4.39 Å². The van der Waals surface area contributed by atoms with E-state index in [1.54, 1.807) is 7.11 Å². The van der Waals surface area contributed by atoms with Crippen LogP contribution in [0.1, 0.15) is 17.2 Å². The van der Waals surface area contributed by atoms with Crippen molar-refractivity contribution in [2.75, 3.05) is 26.8 Å². The highest BCUT2D eigenvalue weighted by Crippen LogP contribution is 2.32. The molecule has 0 radical (unpaired) electrons. The van der Waals surface area contributed by atoms with Crippen molar-refractivity contribution in [3.63, 3.8) is 0 Å². The summed E-state index contributed by atoms with van der Waals surface area (Å²) in [4.78, 5) is 0. The summed E-state index contributed by atoms with van der Waals surface area (Å²) < 4.78 is 24.3. The van der Waals surface area contributed by atoms with Crippen molar-refractivity contribution in [3.8, 4) is 5.75 Å². The second-order valence-electron chi connectivity index (χ2n) is 3.91. The van der Waals surface area contributed by atoms with Crippen LogP contribution in [0.4, 0.5) is 4.39 Å². The number of hydrogen-bond acceptors (Lipinski definition) is 3. The van der Waals surface area contributed by atoms with Gasteiger partial charge in [-0.15, -0.1) is 0 Å². The van der Waals surface area contributed by atoms with Gasteiger partial charge in [0.05, 0.1) is 19.8 Å². The molecule has 0 amide bonds. The predicted octanol–water partition coefficient (Wildman–Crippen LogP) is 1.80. The number of hydrogen-bond donors (Lipinski definition) is 1. The van der Waals surface area contributed by atoms with Crippen molar-refractivity contribution < 1.29 is 13.9 Å². The summed E-state index contributed by atoms with van der Waals surface area (Å²) in [6.45, 7) is 4.01. The number of aryl methyl sites for hydroxylation is 1. The fraction of sp³-hybridized carbons (Fsp3) is 0.500. The Bertz CT molecular complexity index is 376. The fourth-order valence-electron chi connectivity index (χ4n) is 2.04. The third-order valence-electron chi connectivity index (χ3n) is 2.75. The molecule has 3 nitrogen and oxygen atoms in total. The summed E-state index contributed by atoms with van der Waals surface area (Å²) in [6, 6.07) is 2.96. The quantitative estimate of drug-likeness (QED) is 0.832. The van der Waals surface area contributed by atoms with E-state index in [0.29, 0.717) is 13.2 Å². The molecule has 0 saturated carbocycles. The zero-order valence-electron chi connectivity index (χ0n) is 9.55. The normalized spacial score (nSPS) is 20.8. The summed E-state index contributed by atoms with van der Waals surface area (Å²) in [5.41, 5.74) is 1.58. The van der Waals surface area contributed by atoms with Crippen molar-refractivity contribution in [2.45, 2.75) is 13.0 Å². The Balaban J connectivity index is 2.36. The highest BCUT2D eigenvalue weighted by atomic mass is 19.1. The molecule has 0 bridgehead atoms. The van der Waals surface area contributed by atoms with Crippen LogP contribution in [-0.4, -0.2) is 26.8 Å². The Morgan fingerprint density at radius 2 is 2.31 bits per heavy atom. The lowest BCUT2D eigenvalue weighted by atomic mass is 10.0. The molecule has 2 rings (SSSR count). The van der Waals surface area contributed by atoms with E-state index < -0.39 is 0 Å². The van der Waals surface area contributed by atoms with E-state index in [0.717, 1.165) is 23.4 Å². The topological polar surface area (TPSA) is 30.5 Å². The largest absolute Gasteiger partial charge is 0.496 e. The molecule has 1 aliphatic heterocycles. The van der Waals surface area contributed by atoms with Gasteiger partial charge in [-0.05, 0) is 24.6 Å². The van der Waals surface area contributed by atoms with Gasteiger partial charge < -0.3 is 14.8 Å². The van der Waals surface area contributed by atoms with Crippen LogP contribution in [0.25, 0.3) is 0 Å². The standard InChI is InChI=1S/C12H16FNO2/c1-8-5-9(13)6-10(12(8)15-2)11-7-14-3-4-16-11/h5-6,11,14H,3-4,7H2,1-2H3. The van der Waals surface area contributed by atoms with Gasteiger partial charge in [0.2, 0.25) is 0 Å². The van der Waals surface area contributed by atoms with Crippen LogP contribution < -0.4 is 10.1 Å². The molecule has 1 aromatic rings. The Hall–Kier alpha value is -1.13. The second-order valence-corrected chi connectivity index (χ2v) is 3.91. The maximum absolute atomic E-state index is 13.4. The van der Waals surface area contributed by atoms with Gasteiger partial charge >= 0.3 is 0 Å². The zero-order chi connectivity index (χ0) is 11.5. The van der Waals surface area contributed by atoms with Crippen LogP contribution in [-0.2, 0) is 4.74 Å². The molecule has 0 spiro atoms. The van der Waals surface area contributed by atoms with E-state index in [1.807, 2.05) is 6.92 Å². The average molecular weight is 225 g/mol. The SMILES string of the molecule is COc1c(C)cc(F)cc1C1CNCCO1.